The topological polar surface area (TPSA) is 16.1 Å². The van der Waals surface area contributed by atoms with Gasteiger partial charge in [0.05, 0.1) is 5.52 Å². The third kappa shape index (κ3) is 2.98. The predicted molar refractivity (Wildman–Crippen MR) is 89.7 cm³/mol. The predicted octanol–water partition coefficient (Wildman–Crippen LogP) is 4.90. The van der Waals surface area contributed by atoms with Crippen LogP contribution in [0, 0.1) is 0 Å². The maximum atomic E-state index is 4.94. The molecule has 0 N–H and O–H groups in total. The zero-order valence-corrected chi connectivity index (χ0v) is 13.4. The van der Waals surface area contributed by atoms with Crippen molar-refractivity contribution in [3.8, 4) is 0 Å². The summed E-state index contributed by atoms with van der Waals surface area (Å²) in [4.78, 5) is 7.43. The van der Waals surface area contributed by atoms with Crippen molar-refractivity contribution in [1.29, 1.82) is 0 Å². The van der Waals surface area contributed by atoms with E-state index in [9.17, 15) is 0 Å². The highest BCUT2D eigenvalue weighted by Gasteiger charge is 2.15. The number of alkyl halides is 1. The van der Waals surface area contributed by atoms with E-state index < -0.39 is 0 Å². The van der Waals surface area contributed by atoms with Gasteiger partial charge in [0.15, 0.2) is 0 Å². The number of hydrogen-bond donors (Lipinski definition) is 0. The van der Waals surface area contributed by atoms with Crippen LogP contribution in [0.5, 0.6) is 0 Å². The highest BCUT2D eigenvalue weighted by atomic mass is 79.9. The van der Waals surface area contributed by atoms with Crippen molar-refractivity contribution in [2.75, 3.05) is 18.0 Å². The van der Waals surface area contributed by atoms with Gasteiger partial charge in [-0.2, -0.15) is 0 Å². The highest BCUT2D eigenvalue weighted by Crippen LogP contribution is 2.27. The van der Waals surface area contributed by atoms with Gasteiger partial charge in [0.1, 0.15) is 5.82 Å². The Balaban J connectivity index is 1.99. The molecule has 3 heteroatoms. The van der Waals surface area contributed by atoms with Crippen LogP contribution >= 0.6 is 15.9 Å². The maximum absolute atomic E-state index is 4.94. The molecule has 1 aromatic heterocycles. The minimum absolute atomic E-state index is 0.872. The van der Waals surface area contributed by atoms with Gasteiger partial charge in [-0.3, -0.25) is 0 Å². The van der Waals surface area contributed by atoms with Gasteiger partial charge < -0.3 is 4.90 Å². The molecule has 2 heterocycles. The van der Waals surface area contributed by atoms with E-state index in [2.05, 4.69) is 51.2 Å². The first-order chi connectivity index (χ1) is 9.88. The van der Waals surface area contributed by atoms with Gasteiger partial charge in [-0.25, -0.2) is 4.98 Å². The van der Waals surface area contributed by atoms with Crippen molar-refractivity contribution in [3.63, 3.8) is 0 Å². The van der Waals surface area contributed by atoms with Crippen LogP contribution < -0.4 is 4.90 Å². The Kier molecular flexibility index (Phi) is 4.56. The van der Waals surface area contributed by atoms with E-state index in [0.29, 0.717) is 0 Å². The lowest BCUT2D eigenvalue weighted by molar-refractivity contribution is 0.553. The highest BCUT2D eigenvalue weighted by molar-refractivity contribution is 9.08. The van der Waals surface area contributed by atoms with E-state index in [-0.39, 0.29) is 0 Å². The number of rotatable bonds is 2. The third-order valence-electron chi connectivity index (χ3n) is 4.08. The molecule has 0 atom stereocenters. The van der Waals surface area contributed by atoms with E-state index in [1.54, 1.807) is 0 Å². The molecule has 1 aliphatic heterocycles. The van der Waals surface area contributed by atoms with E-state index in [1.807, 2.05) is 0 Å². The molecule has 0 bridgehead atoms. The van der Waals surface area contributed by atoms with Gasteiger partial charge >= 0.3 is 0 Å². The summed E-state index contributed by atoms with van der Waals surface area (Å²) in [6.45, 7) is 2.29. The number of hydrogen-bond acceptors (Lipinski definition) is 2. The number of para-hydroxylation sites is 1. The summed E-state index contributed by atoms with van der Waals surface area (Å²) >= 11 is 3.63. The molecule has 3 rings (SSSR count). The molecule has 1 saturated heterocycles. The first kappa shape index (κ1) is 13.9. The van der Waals surface area contributed by atoms with Crippen molar-refractivity contribution < 1.29 is 0 Å². The zero-order valence-electron chi connectivity index (χ0n) is 11.8. The number of anilines is 1. The molecule has 106 valence electrons. The lowest BCUT2D eigenvalue weighted by Gasteiger charge is -2.27. The molecule has 2 aromatic rings. The Morgan fingerprint density at radius 2 is 1.70 bits per heavy atom. The Morgan fingerprint density at radius 3 is 2.45 bits per heavy atom. The van der Waals surface area contributed by atoms with Crippen molar-refractivity contribution in [2.24, 2.45) is 0 Å². The first-order valence-electron chi connectivity index (χ1n) is 7.58. The SMILES string of the molecule is BrCc1cc2ccccc2nc1N1CCCCCCC1. The molecular weight excluding hydrogens is 312 g/mol. The van der Waals surface area contributed by atoms with Crippen LogP contribution in [0.4, 0.5) is 5.82 Å². The molecule has 0 radical (unpaired) electrons. The molecule has 0 amide bonds. The molecular formula is C17H21BrN2. The Labute approximate surface area is 129 Å². The third-order valence-corrected chi connectivity index (χ3v) is 4.68. The summed E-state index contributed by atoms with van der Waals surface area (Å²) in [5.41, 5.74) is 2.42. The Bertz CT molecular complexity index is 574. The lowest BCUT2D eigenvalue weighted by Crippen LogP contribution is -2.28. The zero-order chi connectivity index (χ0) is 13.8. The largest absolute Gasteiger partial charge is 0.356 e. The van der Waals surface area contributed by atoms with Gasteiger partial charge in [-0.1, -0.05) is 53.4 Å². The van der Waals surface area contributed by atoms with Crippen LogP contribution in [0.25, 0.3) is 10.9 Å². The van der Waals surface area contributed by atoms with Gasteiger partial charge in [0.25, 0.3) is 0 Å². The molecule has 20 heavy (non-hydrogen) atoms. The summed E-state index contributed by atoms with van der Waals surface area (Å²) < 4.78 is 0. The minimum Gasteiger partial charge on any atom is -0.356 e. The van der Waals surface area contributed by atoms with Crippen molar-refractivity contribution >= 4 is 32.7 Å². The fraction of sp³-hybridized carbons (Fsp3) is 0.471. The summed E-state index contributed by atoms with van der Waals surface area (Å²) in [7, 11) is 0. The normalized spacial score (nSPS) is 16.9. The van der Waals surface area contributed by atoms with Crippen molar-refractivity contribution in [3.05, 3.63) is 35.9 Å². The van der Waals surface area contributed by atoms with E-state index in [0.717, 1.165) is 23.9 Å². The van der Waals surface area contributed by atoms with Crippen LogP contribution in [-0.4, -0.2) is 18.1 Å². The van der Waals surface area contributed by atoms with E-state index in [4.69, 9.17) is 4.98 Å². The number of benzene rings is 1. The molecule has 0 aliphatic carbocycles. The lowest BCUT2D eigenvalue weighted by atomic mass is 10.1. The smallest absolute Gasteiger partial charge is 0.133 e. The minimum atomic E-state index is 0.872. The standard InChI is InChI=1S/C17H21BrN2/c18-13-15-12-14-8-4-5-9-16(14)19-17(15)20-10-6-2-1-3-7-11-20/h4-5,8-9,12H,1-3,6-7,10-11,13H2. The summed E-state index contributed by atoms with van der Waals surface area (Å²) in [6.07, 6.45) is 6.68. The molecule has 0 spiro atoms. The van der Waals surface area contributed by atoms with E-state index in [1.165, 1.54) is 48.9 Å². The number of fused-ring (bicyclic) bond motifs is 1. The van der Waals surface area contributed by atoms with Gasteiger partial charge in [-0.05, 0) is 25.0 Å². The Morgan fingerprint density at radius 1 is 1.00 bits per heavy atom. The van der Waals surface area contributed by atoms with Crippen LogP contribution in [0.15, 0.2) is 30.3 Å². The molecule has 0 saturated carbocycles. The molecule has 1 aromatic carbocycles. The molecule has 2 nitrogen and oxygen atoms in total. The second-order valence-corrected chi connectivity index (χ2v) is 6.11. The average molecular weight is 333 g/mol. The number of pyridine rings is 1. The first-order valence-corrected chi connectivity index (χ1v) is 8.70. The van der Waals surface area contributed by atoms with E-state index >= 15 is 0 Å². The van der Waals surface area contributed by atoms with Gasteiger partial charge in [0, 0.05) is 29.4 Å². The Hall–Kier alpha value is -1.09. The number of nitrogens with zero attached hydrogens (tertiary/aromatic N) is 2. The molecule has 1 fully saturated rings. The number of aromatic nitrogens is 1. The summed E-state index contributed by atoms with van der Waals surface area (Å²) in [6, 6.07) is 10.7. The van der Waals surface area contributed by atoms with Gasteiger partial charge in [0.2, 0.25) is 0 Å². The van der Waals surface area contributed by atoms with Crippen LogP contribution in [0.2, 0.25) is 0 Å². The van der Waals surface area contributed by atoms with Gasteiger partial charge in [-0.15, -0.1) is 0 Å². The molecule has 1 aliphatic rings. The van der Waals surface area contributed by atoms with Crippen LogP contribution in [0.1, 0.15) is 37.7 Å². The molecule has 0 unspecified atom stereocenters. The van der Waals surface area contributed by atoms with Crippen molar-refractivity contribution in [2.45, 2.75) is 37.4 Å². The van der Waals surface area contributed by atoms with Crippen LogP contribution in [-0.2, 0) is 5.33 Å². The average Bonchev–Trinajstić information content (AvgIpc) is 2.46. The second kappa shape index (κ2) is 6.57. The number of halogens is 1. The summed E-state index contributed by atoms with van der Waals surface area (Å²) in [5.74, 6) is 1.18. The maximum Gasteiger partial charge on any atom is 0.133 e. The monoisotopic (exact) mass is 332 g/mol. The van der Waals surface area contributed by atoms with Crippen LogP contribution in [0.3, 0.4) is 0 Å². The second-order valence-electron chi connectivity index (χ2n) is 5.55. The fourth-order valence-electron chi connectivity index (χ4n) is 2.98. The van der Waals surface area contributed by atoms with Crippen molar-refractivity contribution in [1.82, 2.24) is 4.98 Å². The fourth-order valence-corrected chi connectivity index (χ4v) is 3.39. The summed E-state index contributed by atoms with van der Waals surface area (Å²) in [5, 5.41) is 2.11. The quantitative estimate of drug-likeness (QED) is 0.727.